The number of hydrogen-bond acceptors (Lipinski definition) is 5. The molecule has 0 aliphatic heterocycles. The first kappa shape index (κ1) is 18.4. The van der Waals surface area contributed by atoms with E-state index in [1.807, 2.05) is 73.6 Å². The Labute approximate surface area is 168 Å². The average Bonchev–Trinajstić information content (AvgIpc) is 3.25. The quantitative estimate of drug-likeness (QED) is 0.215. The fraction of sp³-hybridized carbons (Fsp3) is 0.0870. The van der Waals surface area contributed by atoms with E-state index in [0.717, 1.165) is 27.1 Å². The summed E-state index contributed by atoms with van der Waals surface area (Å²) in [4.78, 5) is 6.45. The van der Waals surface area contributed by atoms with Crippen molar-refractivity contribution < 1.29 is 9.26 Å². The van der Waals surface area contributed by atoms with Gasteiger partial charge >= 0.3 is 0 Å². The molecule has 1 aromatic heterocycles. The molecule has 0 aliphatic rings. The summed E-state index contributed by atoms with van der Waals surface area (Å²) < 4.78 is 6.21. The van der Waals surface area contributed by atoms with Gasteiger partial charge in [-0.15, -0.1) is 0 Å². The van der Waals surface area contributed by atoms with Gasteiger partial charge in [0.2, 0.25) is 11.5 Å². The van der Waals surface area contributed by atoms with Crippen molar-refractivity contribution in [1.82, 2.24) is 10.1 Å². The predicted molar refractivity (Wildman–Crippen MR) is 114 cm³/mol. The minimum atomic E-state index is 0.413. The molecule has 0 radical (unpaired) electrons. The summed E-state index contributed by atoms with van der Waals surface area (Å²) >= 11 is 0. The summed E-state index contributed by atoms with van der Waals surface area (Å²) in [5.74, 6) is 0.945. The van der Waals surface area contributed by atoms with Crippen LogP contribution in [0.4, 0.5) is 11.4 Å². The molecule has 0 aliphatic carbocycles. The molecule has 0 amide bonds. The van der Waals surface area contributed by atoms with E-state index in [0.29, 0.717) is 17.4 Å². The molecule has 29 heavy (non-hydrogen) atoms. The minimum absolute atomic E-state index is 0.413. The van der Waals surface area contributed by atoms with Crippen molar-refractivity contribution in [3.05, 3.63) is 89.6 Å². The highest BCUT2D eigenvalue weighted by molar-refractivity contribution is 5.77. The van der Waals surface area contributed by atoms with Crippen LogP contribution in [0.15, 0.2) is 83.4 Å². The van der Waals surface area contributed by atoms with Crippen LogP contribution in [0, 0.1) is 5.21 Å². The maximum Gasteiger partial charge on any atom is 0.258 e. The van der Waals surface area contributed by atoms with Crippen molar-refractivity contribution in [2.75, 3.05) is 19.0 Å². The Hall–Kier alpha value is -3.93. The number of nitrogens with zero attached hydrogens (tertiary/aromatic N) is 4. The van der Waals surface area contributed by atoms with E-state index in [1.165, 1.54) is 0 Å². The SMILES string of the molecule is CN(C)c1ccc(/C=[N+](/[O-])c2ccc(-c3nc(-c4ccccc4)no3)cc2)cc1. The highest BCUT2D eigenvalue weighted by atomic mass is 16.5. The lowest BCUT2D eigenvalue weighted by Gasteiger charge is -2.11. The Balaban J connectivity index is 1.52. The van der Waals surface area contributed by atoms with Gasteiger partial charge in [0.15, 0.2) is 6.21 Å². The van der Waals surface area contributed by atoms with Gasteiger partial charge in [-0.25, -0.2) is 0 Å². The molecule has 3 aromatic carbocycles. The maximum atomic E-state index is 12.5. The molecule has 0 saturated carbocycles. The first-order valence-electron chi connectivity index (χ1n) is 9.18. The summed E-state index contributed by atoms with van der Waals surface area (Å²) in [6.45, 7) is 0. The fourth-order valence-electron chi connectivity index (χ4n) is 2.86. The van der Waals surface area contributed by atoms with E-state index in [2.05, 4.69) is 10.1 Å². The van der Waals surface area contributed by atoms with Crippen LogP contribution in [0.3, 0.4) is 0 Å². The van der Waals surface area contributed by atoms with E-state index in [1.54, 1.807) is 30.5 Å². The normalized spacial score (nSPS) is 11.4. The number of aromatic nitrogens is 2. The Bertz CT molecular complexity index is 1120. The van der Waals surface area contributed by atoms with Gasteiger partial charge in [-0.1, -0.05) is 35.5 Å². The minimum Gasteiger partial charge on any atom is -0.618 e. The van der Waals surface area contributed by atoms with E-state index in [4.69, 9.17) is 4.52 Å². The zero-order valence-corrected chi connectivity index (χ0v) is 16.2. The molecule has 0 atom stereocenters. The number of rotatable bonds is 5. The van der Waals surface area contributed by atoms with Crippen molar-refractivity contribution in [3.8, 4) is 22.8 Å². The second kappa shape index (κ2) is 7.98. The van der Waals surface area contributed by atoms with Crippen LogP contribution in [-0.2, 0) is 0 Å². The Morgan fingerprint density at radius 3 is 2.21 bits per heavy atom. The van der Waals surface area contributed by atoms with E-state index >= 15 is 0 Å². The maximum absolute atomic E-state index is 12.5. The van der Waals surface area contributed by atoms with Crippen molar-refractivity contribution >= 4 is 17.6 Å². The van der Waals surface area contributed by atoms with Crippen LogP contribution in [0.2, 0.25) is 0 Å². The zero-order chi connectivity index (χ0) is 20.2. The van der Waals surface area contributed by atoms with Gasteiger partial charge in [-0.05, 0) is 36.4 Å². The van der Waals surface area contributed by atoms with Gasteiger partial charge in [0.25, 0.3) is 5.89 Å². The summed E-state index contributed by atoms with van der Waals surface area (Å²) in [5.41, 5.74) is 4.08. The van der Waals surface area contributed by atoms with Gasteiger partial charge in [0.05, 0.1) is 0 Å². The third-order valence-electron chi connectivity index (χ3n) is 4.50. The van der Waals surface area contributed by atoms with Gasteiger partial charge in [0, 0.05) is 48.6 Å². The molecule has 0 N–H and O–H groups in total. The van der Waals surface area contributed by atoms with Gasteiger partial charge < -0.3 is 14.6 Å². The summed E-state index contributed by atoms with van der Waals surface area (Å²) in [6.07, 6.45) is 1.55. The van der Waals surface area contributed by atoms with E-state index in [-0.39, 0.29) is 0 Å². The topological polar surface area (TPSA) is 68.2 Å². The van der Waals surface area contributed by atoms with Crippen LogP contribution >= 0.6 is 0 Å². The first-order valence-corrected chi connectivity index (χ1v) is 9.18. The van der Waals surface area contributed by atoms with Crippen molar-refractivity contribution in [1.29, 1.82) is 0 Å². The first-order chi connectivity index (χ1) is 14.1. The van der Waals surface area contributed by atoms with Gasteiger partial charge in [-0.2, -0.15) is 9.72 Å². The summed E-state index contributed by atoms with van der Waals surface area (Å²) in [5, 5.41) is 16.5. The monoisotopic (exact) mass is 384 g/mol. The largest absolute Gasteiger partial charge is 0.618 e. The number of benzene rings is 3. The molecule has 0 bridgehead atoms. The summed E-state index contributed by atoms with van der Waals surface area (Å²) in [6, 6.07) is 24.5. The molecule has 6 nitrogen and oxygen atoms in total. The van der Waals surface area contributed by atoms with Crippen molar-refractivity contribution in [2.45, 2.75) is 0 Å². The zero-order valence-electron chi connectivity index (χ0n) is 16.2. The predicted octanol–water partition coefficient (Wildman–Crippen LogP) is 4.73. The molecule has 4 rings (SSSR count). The average molecular weight is 384 g/mol. The smallest absolute Gasteiger partial charge is 0.258 e. The highest BCUT2D eigenvalue weighted by Crippen LogP contribution is 2.24. The lowest BCUT2D eigenvalue weighted by molar-refractivity contribution is -0.354. The third kappa shape index (κ3) is 4.16. The summed E-state index contributed by atoms with van der Waals surface area (Å²) in [7, 11) is 3.96. The van der Waals surface area contributed by atoms with E-state index < -0.39 is 0 Å². The van der Waals surface area contributed by atoms with Crippen molar-refractivity contribution in [2.24, 2.45) is 0 Å². The van der Waals surface area contributed by atoms with Crippen LogP contribution < -0.4 is 4.90 Å². The molecule has 144 valence electrons. The Kier molecular flexibility index (Phi) is 5.07. The molecule has 1 heterocycles. The molecule has 0 unspecified atom stereocenters. The second-order valence-electron chi connectivity index (χ2n) is 6.78. The van der Waals surface area contributed by atoms with Crippen LogP contribution in [0.25, 0.3) is 22.8 Å². The molecule has 0 saturated heterocycles. The molecule has 4 aromatic rings. The molecule has 0 spiro atoms. The lowest BCUT2D eigenvalue weighted by Crippen LogP contribution is -2.08. The third-order valence-corrected chi connectivity index (χ3v) is 4.50. The molecular weight excluding hydrogens is 364 g/mol. The Morgan fingerprint density at radius 1 is 0.862 bits per heavy atom. The van der Waals surface area contributed by atoms with Gasteiger partial charge in [-0.3, -0.25) is 0 Å². The van der Waals surface area contributed by atoms with Crippen LogP contribution in [-0.4, -0.2) is 35.2 Å². The molecule has 0 fully saturated rings. The van der Waals surface area contributed by atoms with Crippen LogP contribution in [0.5, 0.6) is 0 Å². The number of anilines is 1. The number of hydrogen-bond donors (Lipinski definition) is 0. The lowest BCUT2D eigenvalue weighted by atomic mass is 10.2. The highest BCUT2D eigenvalue weighted by Gasteiger charge is 2.11. The van der Waals surface area contributed by atoms with Crippen molar-refractivity contribution in [3.63, 3.8) is 0 Å². The standard InChI is InChI=1S/C23H20N4O2/c1-26(2)20-12-8-17(9-13-20)16-27(28)21-14-10-19(11-15-21)23-24-22(25-29-23)18-6-4-3-5-7-18/h3-16H,1-2H3/b27-16+. The molecule has 6 heteroatoms. The van der Waals surface area contributed by atoms with E-state index in [9.17, 15) is 5.21 Å². The second-order valence-corrected chi connectivity index (χ2v) is 6.78. The Morgan fingerprint density at radius 2 is 1.55 bits per heavy atom. The van der Waals surface area contributed by atoms with Gasteiger partial charge in [0.1, 0.15) is 0 Å². The van der Waals surface area contributed by atoms with Crippen LogP contribution in [0.1, 0.15) is 5.56 Å². The molecular formula is C23H20N4O2. The fourth-order valence-corrected chi connectivity index (χ4v) is 2.86.